The summed E-state index contributed by atoms with van der Waals surface area (Å²) in [4.78, 5) is 1.30. The van der Waals surface area contributed by atoms with E-state index in [2.05, 4.69) is 22.0 Å². The van der Waals surface area contributed by atoms with Crippen molar-refractivity contribution in [2.45, 2.75) is 42.4 Å². The molecule has 1 fully saturated rings. The Hall–Kier alpha value is 0.01000. The summed E-state index contributed by atoms with van der Waals surface area (Å²) in [5, 5.41) is 9.80. The van der Waals surface area contributed by atoms with Crippen molar-refractivity contribution >= 4 is 27.7 Å². The lowest BCUT2D eigenvalue weighted by molar-refractivity contribution is 0.281. The van der Waals surface area contributed by atoms with E-state index in [4.69, 9.17) is 5.11 Å². The Morgan fingerprint density at radius 3 is 2.67 bits per heavy atom. The summed E-state index contributed by atoms with van der Waals surface area (Å²) in [6.45, 7) is 0.118. The summed E-state index contributed by atoms with van der Waals surface area (Å²) < 4.78 is 1.12. The lowest BCUT2D eigenvalue weighted by Gasteiger charge is -2.10. The van der Waals surface area contributed by atoms with Crippen molar-refractivity contribution in [3.05, 3.63) is 28.2 Å². The van der Waals surface area contributed by atoms with Crippen molar-refractivity contribution < 1.29 is 5.11 Å². The average Bonchev–Trinajstić information content (AvgIpc) is 2.74. The molecule has 0 bridgehead atoms. The van der Waals surface area contributed by atoms with Gasteiger partial charge in [0.2, 0.25) is 0 Å². The van der Waals surface area contributed by atoms with Gasteiger partial charge >= 0.3 is 0 Å². The minimum atomic E-state index is 0.118. The van der Waals surface area contributed by atoms with E-state index >= 15 is 0 Å². The summed E-state index contributed by atoms with van der Waals surface area (Å²) in [6.07, 6.45) is 5.45. The van der Waals surface area contributed by atoms with Crippen LogP contribution in [0.1, 0.15) is 31.2 Å². The molecule has 0 atom stereocenters. The predicted octanol–water partition coefficient (Wildman–Crippen LogP) is 3.98. The Bertz CT molecular complexity index is 334. The molecule has 1 aliphatic rings. The summed E-state index contributed by atoms with van der Waals surface area (Å²) in [7, 11) is 0. The number of hydrogen-bond donors (Lipinski definition) is 1. The largest absolute Gasteiger partial charge is 0.392 e. The normalized spacial score (nSPS) is 17.2. The van der Waals surface area contributed by atoms with Gasteiger partial charge in [-0.1, -0.05) is 18.9 Å². The van der Waals surface area contributed by atoms with Crippen LogP contribution < -0.4 is 0 Å². The molecule has 1 N–H and O–H groups in total. The first-order valence-corrected chi connectivity index (χ1v) is 7.03. The monoisotopic (exact) mass is 286 g/mol. The van der Waals surface area contributed by atoms with Crippen molar-refractivity contribution in [2.24, 2.45) is 0 Å². The van der Waals surface area contributed by atoms with Gasteiger partial charge in [0, 0.05) is 14.6 Å². The molecule has 0 heterocycles. The Morgan fingerprint density at radius 2 is 2.07 bits per heavy atom. The lowest BCUT2D eigenvalue weighted by Crippen LogP contribution is -1.94. The van der Waals surface area contributed by atoms with Crippen LogP contribution in [0.4, 0.5) is 0 Å². The Labute approximate surface area is 103 Å². The maximum absolute atomic E-state index is 9.01. The zero-order valence-corrected chi connectivity index (χ0v) is 11.0. The van der Waals surface area contributed by atoms with Gasteiger partial charge in [0.15, 0.2) is 0 Å². The van der Waals surface area contributed by atoms with Crippen molar-refractivity contribution in [1.82, 2.24) is 0 Å². The second kappa shape index (κ2) is 5.37. The fraction of sp³-hybridized carbons (Fsp3) is 0.500. The van der Waals surface area contributed by atoms with Gasteiger partial charge in [-0.25, -0.2) is 0 Å². The van der Waals surface area contributed by atoms with E-state index in [1.165, 1.54) is 30.6 Å². The summed E-state index contributed by atoms with van der Waals surface area (Å²) in [6, 6.07) is 6.12. The van der Waals surface area contributed by atoms with Crippen LogP contribution in [0.5, 0.6) is 0 Å². The molecule has 0 radical (unpaired) electrons. The van der Waals surface area contributed by atoms with Crippen molar-refractivity contribution in [3.63, 3.8) is 0 Å². The number of hydrogen-bond acceptors (Lipinski definition) is 2. The number of thioether (sulfide) groups is 1. The van der Waals surface area contributed by atoms with Gasteiger partial charge in [-0.2, -0.15) is 0 Å². The molecule has 0 amide bonds. The molecule has 1 nitrogen and oxygen atoms in total. The van der Waals surface area contributed by atoms with Crippen LogP contribution >= 0.6 is 27.7 Å². The molecule has 1 aliphatic carbocycles. The highest BCUT2D eigenvalue weighted by Gasteiger charge is 2.17. The second-order valence-corrected chi connectivity index (χ2v) is 6.14. The lowest BCUT2D eigenvalue weighted by atomic mass is 10.2. The van der Waals surface area contributed by atoms with Gasteiger partial charge in [-0.3, -0.25) is 0 Å². The first-order chi connectivity index (χ1) is 7.29. The molecule has 1 aromatic carbocycles. The molecular weight excluding hydrogens is 272 g/mol. The zero-order valence-electron chi connectivity index (χ0n) is 8.58. The Kier molecular flexibility index (Phi) is 4.12. The molecule has 0 aliphatic heterocycles. The van der Waals surface area contributed by atoms with Crippen LogP contribution in [-0.4, -0.2) is 10.4 Å². The van der Waals surface area contributed by atoms with Crippen molar-refractivity contribution in [3.8, 4) is 0 Å². The molecule has 1 aromatic rings. The second-order valence-electron chi connectivity index (χ2n) is 3.95. The van der Waals surface area contributed by atoms with Crippen LogP contribution in [0, 0.1) is 0 Å². The molecule has 1 saturated carbocycles. The van der Waals surface area contributed by atoms with Gasteiger partial charge in [-0.05, 0) is 46.5 Å². The van der Waals surface area contributed by atoms with E-state index in [1.807, 2.05) is 23.9 Å². The summed E-state index contributed by atoms with van der Waals surface area (Å²) in [5.41, 5.74) is 0.970. The van der Waals surface area contributed by atoms with Crippen LogP contribution in [0.15, 0.2) is 27.6 Å². The Balaban J connectivity index is 2.07. The molecule has 2 rings (SSSR count). The van der Waals surface area contributed by atoms with Crippen LogP contribution in [0.3, 0.4) is 0 Å². The quantitative estimate of drug-likeness (QED) is 0.907. The molecular formula is C12H15BrOS. The topological polar surface area (TPSA) is 20.2 Å². The van der Waals surface area contributed by atoms with Crippen LogP contribution in [0.2, 0.25) is 0 Å². The number of benzene rings is 1. The molecule has 82 valence electrons. The SMILES string of the molecule is OCc1ccc(SC2CCCC2)c(Br)c1. The summed E-state index contributed by atoms with van der Waals surface area (Å²) >= 11 is 5.53. The third-order valence-corrected chi connectivity index (χ3v) is 5.11. The van der Waals surface area contributed by atoms with E-state index in [0.717, 1.165) is 15.3 Å². The number of halogens is 1. The van der Waals surface area contributed by atoms with E-state index in [0.29, 0.717) is 0 Å². The third-order valence-electron chi connectivity index (χ3n) is 2.77. The van der Waals surface area contributed by atoms with Gasteiger partial charge in [-0.15, -0.1) is 11.8 Å². The zero-order chi connectivity index (χ0) is 10.7. The predicted molar refractivity (Wildman–Crippen MR) is 68.2 cm³/mol. The van der Waals surface area contributed by atoms with Gasteiger partial charge in [0.25, 0.3) is 0 Å². The number of aliphatic hydroxyl groups excluding tert-OH is 1. The standard InChI is InChI=1S/C12H15BrOS/c13-11-7-9(8-14)5-6-12(11)15-10-3-1-2-4-10/h5-7,10,14H,1-4,8H2. The fourth-order valence-corrected chi connectivity index (χ4v) is 3.88. The first kappa shape index (κ1) is 11.5. The minimum absolute atomic E-state index is 0.118. The highest BCUT2D eigenvalue weighted by atomic mass is 79.9. The fourth-order valence-electron chi connectivity index (χ4n) is 1.92. The third kappa shape index (κ3) is 2.99. The van der Waals surface area contributed by atoms with Crippen LogP contribution in [0.25, 0.3) is 0 Å². The Morgan fingerprint density at radius 1 is 1.33 bits per heavy atom. The maximum atomic E-state index is 9.01. The van der Waals surface area contributed by atoms with E-state index < -0.39 is 0 Å². The first-order valence-electron chi connectivity index (χ1n) is 5.35. The van der Waals surface area contributed by atoms with Gasteiger partial charge < -0.3 is 5.11 Å². The number of aliphatic hydroxyl groups is 1. The number of rotatable bonds is 3. The molecule has 0 spiro atoms. The highest BCUT2D eigenvalue weighted by Crippen LogP contribution is 2.38. The highest BCUT2D eigenvalue weighted by molar-refractivity contribution is 9.10. The van der Waals surface area contributed by atoms with Crippen molar-refractivity contribution in [1.29, 1.82) is 0 Å². The van der Waals surface area contributed by atoms with E-state index in [1.54, 1.807) is 0 Å². The molecule has 0 unspecified atom stereocenters. The average molecular weight is 287 g/mol. The van der Waals surface area contributed by atoms with E-state index in [9.17, 15) is 0 Å². The maximum Gasteiger partial charge on any atom is 0.0682 e. The smallest absolute Gasteiger partial charge is 0.0682 e. The van der Waals surface area contributed by atoms with Gasteiger partial charge in [0.05, 0.1) is 6.61 Å². The molecule has 15 heavy (non-hydrogen) atoms. The van der Waals surface area contributed by atoms with Crippen molar-refractivity contribution in [2.75, 3.05) is 0 Å². The minimum Gasteiger partial charge on any atom is -0.392 e. The molecule has 0 aromatic heterocycles. The van der Waals surface area contributed by atoms with Gasteiger partial charge in [0.1, 0.15) is 0 Å². The van der Waals surface area contributed by atoms with E-state index in [-0.39, 0.29) is 6.61 Å². The molecule has 3 heteroatoms. The molecule has 0 saturated heterocycles. The van der Waals surface area contributed by atoms with Crippen LogP contribution in [-0.2, 0) is 6.61 Å². The summed E-state index contributed by atoms with van der Waals surface area (Å²) in [5.74, 6) is 0.